The lowest BCUT2D eigenvalue weighted by Crippen LogP contribution is -2.29. The van der Waals surface area contributed by atoms with Crippen LogP contribution >= 0.6 is 22.0 Å². The van der Waals surface area contributed by atoms with Crippen molar-refractivity contribution < 1.29 is 0 Å². The highest BCUT2D eigenvalue weighted by molar-refractivity contribution is 8.13. The van der Waals surface area contributed by atoms with Crippen LogP contribution in [0.5, 0.6) is 0 Å². The Balaban J connectivity index is 1.74. The predicted molar refractivity (Wildman–Crippen MR) is 197 cm³/mol. The molecule has 6 aromatic carbocycles. The molecule has 1 aliphatic rings. The smallest absolute Gasteiger partial charge is 0.0923 e. The highest BCUT2D eigenvalue weighted by atomic mass is 31.2. The Morgan fingerprint density at radius 3 is 1.16 bits per heavy atom. The molecule has 1 aliphatic heterocycles. The Kier molecular flexibility index (Phi) is 7.92. The average molecular weight is 618 g/mol. The summed E-state index contributed by atoms with van der Waals surface area (Å²) >= 11 is 0. The Hall–Kier alpha value is -4.42. The lowest BCUT2D eigenvalue weighted by atomic mass is 10.1. The van der Waals surface area contributed by atoms with Crippen LogP contribution in [-0.2, 0) is 0 Å². The van der Waals surface area contributed by atoms with Gasteiger partial charge in [-0.05, 0) is 51.4 Å². The third-order valence-corrected chi connectivity index (χ3v) is 19.4. The van der Waals surface area contributed by atoms with Crippen molar-refractivity contribution in [2.75, 3.05) is 0 Å². The number of hydrogen-bond acceptors (Lipinski definition) is 1. The van der Waals surface area contributed by atoms with E-state index < -0.39 is 13.8 Å². The average Bonchev–Trinajstić information content (AvgIpc) is 3.50. The second kappa shape index (κ2) is 12.3. The van der Waals surface area contributed by atoms with Crippen LogP contribution in [0.4, 0.5) is 0 Å². The summed E-state index contributed by atoms with van der Waals surface area (Å²) in [5.74, 6) is 1.97. The van der Waals surface area contributed by atoms with Gasteiger partial charge in [-0.2, -0.15) is 5.26 Å². The van der Waals surface area contributed by atoms with E-state index in [1.165, 1.54) is 55.9 Å². The highest BCUT2D eigenvalue weighted by Gasteiger charge is 2.38. The fourth-order valence-corrected chi connectivity index (χ4v) is 18.5. The molecule has 6 aromatic rings. The monoisotopic (exact) mass is 617 g/mol. The standard InChI is InChI=1S/C40H30NP3/c41-30-31-43(32-18-6-1-7-19-32,33-20-8-2-9-21-33)39-37-28-16-17-29-38(37)40(42-39)44(34-22-10-3-11-23-34,35-24-12-4-13-25-35)36-26-14-5-15-27-36/h1-29,31H. The van der Waals surface area contributed by atoms with Gasteiger partial charge in [-0.1, -0.05) is 184 Å². The van der Waals surface area contributed by atoms with Crippen molar-refractivity contribution in [3.05, 3.63) is 187 Å². The van der Waals surface area contributed by atoms with E-state index in [0.29, 0.717) is 0 Å². The number of benzene rings is 6. The minimum Gasteiger partial charge on any atom is -0.193 e. The van der Waals surface area contributed by atoms with Gasteiger partial charge < -0.3 is 0 Å². The molecule has 0 saturated carbocycles. The largest absolute Gasteiger partial charge is 0.193 e. The molecular weight excluding hydrogens is 587 g/mol. The van der Waals surface area contributed by atoms with Crippen LogP contribution in [0.2, 0.25) is 0 Å². The normalized spacial score (nSPS) is 13.0. The fourth-order valence-electron chi connectivity index (χ4n) is 6.40. The van der Waals surface area contributed by atoms with E-state index in [-0.39, 0.29) is 0 Å². The summed E-state index contributed by atoms with van der Waals surface area (Å²) < 4.78 is 0. The summed E-state index contributed by atoms with van der Waals surface area (Å²) in [6.45, 7) is -4.79. The second-order valence-electron chi connectivity index (χ2n) is 10.6. The maximum atomic E-state index is 10.5. The van der Waals surface area contributed by atoms with Gasteiger partial charge in [0.15, 0.2) is 0 Å². The summed E-state index contributed by atoms with van der Waals surface area (Å²) in [5.41, 5.74) is 2.54. The van der Waals surface area contributed by atoms with Crippen LogP contribution < -0.4 is 26.5 Å². The third kappa shape index (κ3) is 4.60. The summed E-state index contributed by atoms with van der Waals surface area (Å²) in [4.78, 5) is 0. The molecule has 44 heavy (non-hydrogen) atoms. The molecule has 210 valence electrons. The lowest BCUT2D eigenvalue weighted by molar-refractivity contribution is 1.56. The number of hydrogen-bond donors (Lipinski definition) is 0. The van der Waals surface area contributed by atoms with Gasteiger partial charge in [0.25, 0.3) is 0 Å². The SMILES string of the molecule is N#CC=P(C1=PC(=P(c2ccccc2)(c2ccccc2)c2ccccc2)c2ccccc21)(c1ccccc1)c1ccccc1. The third-order valence-electron chi connectivity index (χ3n) is 8.28. The van der Waals surface area contributed by atoms with E-state index in [9.17, 15) is 5.26 Å². The van der Waals surface area contributed by atoms with Crippen LogP contribution in [-0.4, -0.2) is 15.9 Å². The molecule has 0 radical (unpaired) electrons. The first-order valence-electron chi connectivity index (χ1n) is 14.7. The van der Waals surface area contributed by atoms with E-state index in [0.717, 1.165) is 0 Å². The molecule has 0 amide bonds. The molecule has 0 aromatic heterocycles. The molecule has 7 rings (SSSR count). The predicted octanol–water partition coefficient (Wildman–Crippen LogP) is 7.59. The maximum absolute atomic E-state index is 10.5. The van der Waals surface area contributed by atoms with Crippen LogP contribution in [0.1, 0.15) is 11.1 Å². The summed E-state index contributed by atoms with van der Waals surface area (Å²) in [6.07, 6.45) is 0. The van der Waals surface area contributed by atoms with Crippen molar-refractivity contribution in [3.8, 4) is 6.07 Å². The van der Waals surface area contributed by atoms with Gasteiger partial charge in [-0.15, -0.1) is 0 Å². The van der Waals surface area contributed by atoms with Gasteiger partial charge in [-0.3, -0.25) is 0 Å². The van der Waals surface area contributed by atoms with E-state index in [1.807, 2.05) is 5.80 Å². The van der Waals surface area contributed by atoms with E-state index in [1.54, 1.807) is 0 Å². The number of nitriles is 1. The molecule has 0 N–H and O–H groups in total. The lowest BCUT2D eigenvalue weighted by Gasteiger charge is -2.31. The number of rotatable bonds is 6. The van der Waals surface area contributed by atoms with Gasteiger partial charge in [0, 0.05) is 15.9 Å². The number of fused-ring (bicyclic) bond motifs is 1. The molecule has 0 saturated heterocycles. The summed E-state index contributed by atoms with van der Waals surface area (Å²) in [5, 5.41) is 19.7. The van der Waals surface area contributed by atoms with Crippen molar-refractivity contribution in [2.45, 2.75) is 0 Å². The van der Waals surface area contributed by atoms with Crippen molar-refractivity contribution in [3.63, 3.8) is 0 Å². The van der Waals surface area contributed by atoms with Crippen molar-refractivity contribution in [1.29, 1.82) is 5.26 Å². The van der Waals surface area contributed by atoms with Crippen LogP contribution in [0.3, 0.4) is 0 Å². The Morgan fingerprint density at radius 2 is 0.773 bits per heavy atom. The molecule has 0 spiro atoms. The topological polar surface area (TPSA) is 23.8 Å². The van der Waals surface area contributed by atoms with Gasteiger partial charge in [0.1, 0.15) is 0 Å². The van der Waals surface area contributed by atoms with E-state index in [4.69, 9.17) is 0 Å². The molecular formula is C40H30NP3. The first kappa shape index (κ1) is 28.4. The molecule has 0 unspecified atom stereocenters. The summed E-state index contributed by atoms with van der Waals surface area (Å²) in [6, 6.07) is 66.2. The minimum absolute atomic E-state index is 1.17. The first-order chi connectivity index (χ1) is 21.8. The highest BCUT2D eigenvalue weighted by Crippen LogP contribution is 2.59. The van der Waals surface area contributed by atoms with Crippen molar-refractivity contribution >= 4 is 64.4 Å². The Labute approximate surface area is 261 Å². The molecule has 1 heterocycles. The maximum Gasteiger partial charge on any atom is 0.0923 e. The zero-order valence-electron chi connectivity index (χ0n) is 24.1. The van der Waals surface area contributed by atoms with E-state index in [2.05, 4.69) is 182 Å². The van der Waals surface area contributed by atoms with Gasteiger partial charge in [0.2, 0.25) is 0 Å². The zero-order valence-corrected chi connectivity index (χ0v) is 26.8. The second-order valence-corrected chi connectivity index (χ2v) is 19.0. The van der Waals surface area contributed by atoms with Gasteiger partial charge >= 0.3 is 0 Å². The quantitative estimate of drug-likeness (QED) is 0.177. The molecule has 0 aliphatic carbocycles. The summed E-state index contributed by atoms with van der Waals surface area (Å²) in [7, 11) is 1.17. The van der Waals surface area contributed by atoms with Gasteiger partial charge in [0.05, 0.1) is 6.07 Å². The fraction of sp³-hybridized carbons (Fsp3) is 0. The zero-order chi connectivity index (χ0) is 29.8. The van der Waals surface area contributed by atoms with Crippen LogP contribution in [0.15, 0.2) is 176 Å². The van der Waals surface area contributed by atoms with Crippen molar-refractivity contribution in [1.82, 2.24) is 0 Å². The Morgan fingerprint density at radius 1 is 0.432 bits per heavy atom. The molecule has 0 bridgehead atoms. The molecule has 0 fully saturated rings. The van der Waals surface area contributed by atoms with Crippen LogP contribution in [0.25, 0.3) is 0 Å². The van der Waals surface area contributed by atoms with E-state index >= 15 is 0 Å². The molecule has 4 heteroatoms. The minimum atomic E-state index is -2.45. The first-order valence-corrected chi connectivity index (χ1v) is 19.2. The van der Waals surface area contributed by atoms with Gasteiger partial charge in [-0.25, -0.2) is 0 Å². The Bertz CT molecular complexity index is 1960. The molecule has 1 nitrogen and oxygen atoms in total. The van der Waals surface area contributed by atoms with Crippen LogP contribution in [0, 0.1) is 11.3 Å². The molecule has 0 atom stereocenters. The number of nitrogens with zero attached hydrogens (tertiary/aromatic N) is 1. The van der Waals surface area contributed by atoms with Crippen molar-refractivity contribution in [2.24, 2.45) is 0 Å².